The number of rotatable bonds is 27. The average molecular weight is 670 g/mol. The van der Waals surface area contributed by atoms with Crippen molar-refractivity contribution in [2.24, 2.45) is 0 Å². The predicted octanol–water partition coefficient (Wildman–Crippen LogP) is 3.99. The van der Waals surface area contributed by atoms with Gasteiger partial charge in [-0.05, 0) is 12.8 Å². The highest BCUT2D eigenvalue weighted by Crippen LogP contribution is 2.47. The van der Waals surface area contributed by atoms with Crippen LogP contribution < -0.4 is 5.32 Å². The first-order valence-electron chi connectivity index (χ1n) is 17.5. The van der Waals surface area contributed by atoms with Gasteiger partial charge in [-0.25, -0.2) is 4.57 Å². The summed E-state index contributed by atoms with van der Waals surface area (Å²) >= 11 is 0. The molecule has 1 aliphatic rings. The molecule has 8 N–H and O–H groups in total. The Morgan fingerprint density at radius 2 is 1.07 bits per heavy atom. The molecule has 12 nitrogen and oxygen atoms in total. The van der Waals surface area contributed by atoms with Gasteiger partial charge in [-0.2, -0.15) is 0 Å². The molecule has 13 heteroatoms. The number of phosphoric acid groups is 1. The SMILES string of the molecule is CCCCCCCCCCCC(=O)N[C@@H](COP(=O)(O)OC1C(O)C(O)C(O)[C@@H](O)C1O)[C@H](O)CCCCCCCCCCC. The first kappa shape index (κ1) is 42.4. The van der Waals surface area contributed by atoms with Crippen molar-refractivity contribution in [1.82, 2.24) is 5.32 Å². The smallest absolute Gasteiger partial charge is 0.391 e. The monoisotopic (exact) mass is 669 g/mol. The number of carbonyl (C=O) groups is 1. The van der Waals surface area contributed by atoms with Gasteiger partial charge in [0.25, 0.3) is 0 Å². The van der Waals surface area contributed by atoms with E-state index in [1.807, 2.05) is 0 Å². The molecule has 45 heavy (non-hydrogen) atoms. The number of amides is 1. The number of unbranched alkanes of at least 4 members (excludes halogenated alkanes) is 16. The Labute approximate surface area is 270 Å². The number of carbonyl (C=O) groups excluding carboxylic acids is 1. The molecule has 0 aliphatic heterocycles. The Morgan fingerprint density at radius 3 is 1.53 bits per heavy atom. The van der Waals surface area contributed by atoms with Crippen molar-refractivity contribution in [3.63, 3.8) is 0 Å². The Kier molecular flexibility index (Phi) is 23.0. The molecule has 268 valence electrons. The van der Waals surface area contributed by atoms with Crippen LogP contribution in [0.4, 0.5) is 0 Å². The van der Waals surface area contributed by atoms with E-state index in [-0.39, 0.29) is 12.3 Å². The molecule has 0 bridgehead atoms. The van der Waals surface area contributed by atoms with Crippen molar-refractivity contribution in [3.8, 4) is 0 Å². The second kappa shape index (κ2) is 24.5. The first-order valence-corrected chi connectivity index (χ1v) is 19.0. The summed E-state index contributed by atoms with van der Waals surface area (Å²) in [5, 5.41) is 63.4. The van der Waals surface area contributed by atoms with Crippen LogP contribution in [0.1, 0.15) is 142 Å². The normalized spacial score (nSPS) is 26.3. The molecule has 1 amide bonds. The van der Waals surface area contributed by atoms with Gasteiger partial charge in [0, 0.05) is 6.42 Å². The molecular weight excluding hydrogens is 605 g/mol. The lowest BCUT2D eigenvalue weighted by molar-refractivity contribution is -0.220. The lowest BCUT2D eigenvalue weighted by atomic mass is 9.85. The van der Waals surface area contributed by atoms with Crippen molar-refractivity contribution in [3.05, 3.63) is 0 Å². The van der Waals surface area contributed by atoms with Gasteiger partial charge in [-0.15, -0.1) is 0 Å². The van der Waals surface area contributed by atoms with Crippen LogP contribution in [0.2, 0.25) is 0 Å². The molecule has 0 aromatic heterocycles. The largest absolute Gasteiger partial charge is 0.472 e. The van der Waals surface area contributed by atoms with E-state index in [2.05, 4.69) is 19.2 Å². The maximum Gasteiger partial charge on any atom is 0.472 e. The number of nitrogens with one attached hydrogen (secondary N) is 1. The van der Waals surface area contributed by atoms with Crippen molar-refractivity contribution >= 4 is 13.7 Å². The molecule has 0 radical (unpaired) electrons. The van der Waals surface area contributed by atoms with E-state index in [0.717, 1.165) is 38.5 Å². The predicted molar refractivity (Wildman–Crippen MR) is 172 cm³/mol. The molecule has 0 saturated heterocycles. The Hall–Kier alpha value is -0.660. The molecule has 1 rings (SSSR count). The van der Waals surface area contributed by atoms with Crippen LogP contribution in [-0.2, 0) is 18.4 Å². The highest BCUT2D eigenvalue weighted by Gasteiger charge is 2.51. The van der Waals surface area contributed by atoms with E-state index < -0.39 is 63.2 Å². The van der Waals surface area contributed by atoms with E-state index in [1.54, 1.807) is 0 Å². The van der Waals surface area contributed by atoms with Crippen molar-refractivity contribution in [2.45, 2.75) is 191 Å². The van der Waals surface area contributed by atoms with Gasteiger partial charge in [0.2, 0.25) is 5.91 Å². The zero-order valence-electron chi connectivity index (χ0n) is 27.7. The summed E-state index contributed by atoms with van der Waals surface area (Å²) in [6.07, 6.45) is 7.55. The maximum atomic E-state index is 12.7. The molecule has 1 saturated carbocycles. The highest BCUT2D eigenvalue weighted by molar-refractivity contribution is 7.47. The minimum atomic E-state index is -5.03. The van der Waals surface area contributed by atoms with Gasteiger partial charge in [-0.1, -0.05) is 123 Å². The summed E-state index contributed by atoms with van der Waals surface area (Å²) in [4.78, 5) is 23.0. The summed E-state index contributed by atoms with van der Waals surface area (Å²) in [5.41, 5.74) is 0. The number of hydrogen-bond donors (Lipinski definition) is 8. The van der Waals surface area contributed by atoms with Crippen LogP contribution in [0, 0.1) is 0 Å². The zero-order chi connectivity index (χ0) is 33.7. The fourth-order valence-corrected chi connectivity index (χ4v) is 6.64. The maximum absolute atomic E-state index is 12.7. The Bertz CT molecular complexity index is 791. The summed E-state index contributed by atoms with van der Waals surface area (Å²) in [7, 11) is -5.03. The van der Waals surface area contributed by atoms with Gasteiger partial charge in [0.05, 0.1) is 18.8 Å². The molecule has 0 spiro atoms. The fraction of sp³-hybridized carbons (Fsp3) is 0.969. The van der Waals surface area contributed by atoms with Crippen LogP contribution in [0.15, 0.2) is 0 Å². The summed E-state index contributed by atoms with van der Waals surface area (Å²) in [6, 6.07) is -1.02. The highest BCUT2D eigenvalue weighted by atomic mass is 31.2. The second-order valence-electron chi connectivity index (χ2n) is 12.7. The molecule has 0 heterocycles. The van der Waals surface area contributed by atoms with Crippen molar-refractivity contribution < 1.29 is 53.9 Å². The van der Waals surface area contributed by atoms with E-state index >= 15 is 0 Å². The van der Waals surface area contributed by atoms with Crippen molar-refractivity contribution in [2.75, 3.05) is 6.61 Å². The number of hydrogen-bond acceptors (Lipinski definition) is 10. The Morgan fingerprint density at radius 1 is 0.667 bits per heavy atom. The molecular formula is C32H64NO11P. The van der Waals surface area contributed by atoms with E-state index in [0.29, 0.717) is 19.3 Å². The third kappa shape index (κ3) is 17.9. The first-order chi connectivity index (χ1) is 21.4. The number of aliphatic hydroxyl groups excluding tert-OH is 6. The van der Waals surface area contributed by atoms with Crippen LogP contribution in [0.25, 0.3) is 0 Å². The number of phosphoric ester groups is 1. The van der Waals surface area contributed by atoms with E-state index in [1.165, 1.54) is 64.2 Å². The lowest BCUT2D eigenvalue weighted by Gasteiger charge is -2.41. The average Bonchev–Trinajstić information content (AvgIpc) is 3.01. The second-order valence-corrected chi connectivity index (χ2v) is 14.1. The molecule has 1 aliphatic carbocycles. The fourth-order valence-electron chi connectivity index (χ4n) is 5.67. The molecule has 9 atom stereocenters. The van der Waals surface area contributed by atoms with E-state index in [4.69, 9.17) is 9.05 Å². The minimum absolute atomic E-state index is 0.239. The molecule has 0 aromatic carbocycles. The van der Waals surface area contributed by atoms with Gasteiger partial charge in [0.1, 0.15) is 36.6 Å². The minimum Gasteiger partial charge on any atom is -0.391 e. The third-order valence-electron chi connectivity index (χ3n) is 8.67. The van der Waals surface area contributed by atoms with Crippen LogP contribution in [0.5, 0.6) is 0 Å². The molecule has 1 fully saturated rings. The third-order valence-corrected chi connectivity index (χ3v) is 9.65. The van der Waals surface area contributed by atoms with Gasteiger partial charge in [0.15, 0.2) is 0 Å². The zero-order valence-corrected chi connectivity index (χ0v) is 28.6. The Balaban J connectivity index is 2.63. The van der Waals surface area contributed by atoms with Crippen LogP contribution in [0.3, 0.4) is 0 Å². The van der Waals surface area contributed by atoms with Crippen molar-refractivity contribution in [1.29, 1.82) is 0 Å². The molecule has 0 aromatic rings. The van der Waals surface area contributed by atoms with Gasteiger partial charge >= 0.3 is 7.82 Å². The number of aliphatic hydroxyl groups is 6. The summed E-state index contributed by atoms with van der Waals surface area (Å²) < 4.78 is 22.7. The van der Waals surface area contributed by atoms with Crippen LogP contribution >= 0.6 is 7.82 Å². The quantitative estimate of drug-likeness (QED) is 0.0464. The van der Waals surface area contributed by atoms with Crippen LogP contribution in [-0.4, -0.2) is 96.8 Å². The summed E-state index contributed by atoms with van der Waals surface area (Å²) in [5.74, 6) is -0.315. The molecule has 6 unspecified atom stereocenters. The van der Waals surface area contributed by atoms with Gasteiger partial charge < -0.3 is 40.8 Å². The van der Waals surface area contributed by atoms with E-state index in [9.17, 15) is 44.9 Å². The topological polar surface area (TPSA) is 206 Å². The lowest BCUT2D eigenvalue weighted by Crippen LogP contribution is -2.64. The standard InChI is InChI=1S/C32H64NO11P/c1-3-5-7-9-11-13-15-17-19-21-25(34)24(33-26(35)22-20-18-16-14-12-10-8-6-4-2)23-43-45(41,42)44-32-30(39)28(37)27(36)29(38)31(32)40/h24-25,27-32,34,36-40H,3-23H2,1-2H3,(H,33,35)(H,41,42)/t24-,25+,27?,28+,29?,30?,31?,32?/m0/s1. The van der Waals surface area contributed by atoms with Gasteiger partial charge in [-0.3, -0.25) is 13.8 Å². The summed E-state index contributed by atoms with van der Waals surface area (Å²) in [6.45, 7) is 3.78.